The molecule has 1 aromatic carbocycles. The summed E-state index contributed by atoms with van der Waals surface area (Å²) in [5.41, 5.74) is 0.328. The van der Waals surface area contributed by atoms with Crippen molar-refractivity contribution >= 4 is 25.4 Å². The van der Waals surface area contributed by atoms with Crippen molar-refractivity contribution in [1.29, 1.82) is 0 Å². The highest BCUT2D eigenvalue weighted by Gasteiger charge is 2.24. The zero-order chi connectivity index (χ0) is 12.5. The van der Waals surface area contributed by atoms with Gasteiger partial charge in [-0.1, -0.05) is 13.0 Å². The quantitative estimate of drug-likeness (QED) is 0.477. The zero-order valence-electron chi connectivity index (χ0n) is 8.73. The molecule has 0 saturated carbocycles. The fraction of sp³-hybridized carbons (Fsp3) is 0.333. The highest BCUT2D eigenvalue weighted by atomic mass is 35.7. The van der Waals surface area contributed by atoms with E-state index in [1.165, 1.54) is 19.1 Å². The lowest BCUT2D eigenvalue weighted by molar-refractivity contribution is -0.385. The van der Waals surface area contributed by atoms with Gasteiger partial charge in [-0.3, -0.25) is 10.1 Å². The Morgan fingerprint density at radius 1 is 1.44 bits per heavy atom. The monoisotopic (exact) mass is 263 g/mol. The Balaban J connectivity index is 3.67. The van der Waals surface area contributed by atoms with E-state index in [2.05, 4.69) is 0 Å². The summed E-state index contributed by atoms with van der Waals surface area (Å²) in [6.45, 7) is 3.14. The van der Waals surface area contributed by atoms with Gasteiger partial charge in [0.2, 0.25) is 0 Å². The van der Waals surface area contributed by atoms with Crippen LogP contribution in [0.5, 0.6) is 0 Å². The number of benzene rings is 1. The minimum atomic E-state index is -3.96. The van der Waals surface area contributed by atoms with Crippen molar-refractivity contribution in [3.05, 3.63) is 33.4 Å². The second-order valence-corrected chi connectivity index (χ2v) is 5.75. The number of halogens is 1. The fourth-order valence-corrected chi connectivity index (χ4v) is 3.19. The number of nitrogens with zero attached hydrogens (tertiary/aromatic N) is 1. The summed E-state index contributed by atoms with van der Waals surface area (Å²) in [4.78, 5) is 9.90. The molecule has 0 fully saturated rings. The van der Waals surface area contributed by atoms with Crippen LogP contribution in [0.15, 0.2) is 17.0 Å². The van der Waals surface area contributed by atoms with Crippen LogP contribution in [0.3, 0.4) is 0 Å². The molecule has 0 unspecified atom stereocenters. The molecule has 0 radical (unpaired) electrons. The second kappa shape index (κ2) is 4.39. The van der Waals surface area contributed by atoms with Crippen molar-refractivity contribution in [3.8, 4) is 0 Å². The van der Waals surface area contributed by atoms with Crippen molar-refractivity contribution in [3.63, 3.8) is 0 Å². The predicted molar refractivity (Wildman–Crippen MR) is 60.3 cm³/mol. The minimum Gasteiger partial charge on any atom is -0.258 e. The molecule has 1 aromatic rings. The maximum Gasteiger partial charge on any atom is 0.273 e. The van der Waals surface area contributed by atoms with Crippen LogP contribution < -0.4 is 0 Å². The molecule has 88 valence electrons. The Kier molecular flexibility index (Phi) is 3.54. The third kappa shape index (κ3) is 2.33. The lowest BCUT2D eigenvalue weighted by Crippen LogP contribution is -2.03. The van der Waals surface area contributed by atoms with Crippen molar-refractivity contribution in [2.75, 3.05) is 0 Å². The summed E-state index contributed by atoms with van der Waals surface area (Å²) >= 11 is 0. The predicted octanol–water partition coefficient (Wildman–Crippen LogP) is 2.39. The summed E-state index contributed by atoms with van der Waals surface area (Å²) in [5.74, 6) is 0. The number of aryl methyl sites for hydroxylation is 1. The van der Waals surface area contributed by atoms with Gasteiger partial charge in [-0.25, -0.2) is 8.42 Å². The van der Waals surface area contributed by atoms with E-state index in [1.54, 1.807) is 6.92 Å². The standard InChI is InChI=1S/C9H10ClNO4S/c1-3-7-4-5-8(11(12)13)6(2)9(7)16(10,14)15/h4-5H,3H2,1-2H3. The van der Waals surface area contributed by atoms with Crippen molar-refractivity contribution in [2.45, 2.75) is 25.2 Å². The Hall–Kier alpha value is -1.14. The molecule has 0 atom stereocenters. The number of nitro groups is 1. The molecule has 0 aromatic heterocycles. The number of hydrogen-bond donors (Lipinski definition) is 0. The molecule has 0 aliphatic carbocycles. The molecule has 5 nitrogen and oxygen atoms in total. The largest absolute Gasteiger partial charge is 0.273 e. The molecule has 16 heavy (non-hydrogen) atoms. The van der Waals surface area contributed by atoms with Gasteiger partial charge in [-0.2, -0.15) is 0 Å². The van der Waals surface area contributed by atoms with E-state index in [0.717, 1.165) is 0 Å². The second-order valence-electron chi connectivity index (χ2n) is 3.25. The highest BCUT2D eigenvalue weighted by Crippen LogP contribution is 2.30. The molecular weight excluding hydrogens is 254 g/mol. The summed E-state index contributed by atoms with van der Waals surface area (Å²) in [5, 5.41) is 10.7. The van der Waals surface area contributed by atoms with E-state index in [0.29, 0.717) is 12.0 Å². The van der Waals surface area contributed by atoms with Gasteiger partial charge in [0.15, 0.2) is 0 Å². The highest BCUT2D eigenvalue weighted by molar-refractivity contribution is 8.13. The van der Waals surface area contributed by atoms with Gasteiger partial charge in [0.25, 0.3) is 14.7 Å². The molecule has 0 bridgehead atoms. The van der Waals surface area contributed by atoms with E-state index >= 15 is 0 Å². The van der Waals surface area contributed by atoms with E-state index in [9.17, 15) is 18.5 Å². The van der Waals surface area contributed by atoms with Gasteiger partial charge in [-0.15, -0.1) is 0 Å². The summed E-state index contributed by atoms with van der Waals surface area (Å²) < 4.78 is 22.7. The first-order chi connectivity index (χ1) is 7.29. The van der Waals surface area contributed by atoms with Crippen LogP contribution in [0.2, 0.25) is 0 Å². The topological polar surface area (TPSA) is 77.3 Å². The lowest BCUT2D eigenvalue weighted by atomic mass is 10.1. The van der Waals surface area contributed by atoms with Crippen LogP contribution in [0.4, 0.5) is 5.69 Å². The first-order valence-electron chi connectivity index (χ1n) is 4.50. The average Bonchev–Trinajstić information content (AvgIpc) is 2.14. The summed E-state index contributed by atoms with van der Waals surface area (Å²) in [6.07, 6.45) is 0.445. The molecular formula is C9H10ClNO4S. The van der Waals surface area contributed by atoms with E-state index in [4.69, 9.17) is 10.7 Å². The smallest absolute Gasteiger partial charge is 0.258 e. The molecule has 0 N–H and O–H groups in total. The number of hydrogen-bond acceptors (Lipinski definition) is 4. The van der Waals surface area contributed by atoms with Crippen LogP contribution in [-0.4, -0.2) is 13.3 Å². The molecule has 0 aliphatic rings. The number of nitro benzene ring substituents is 1. The molecule has 0 saturated heterocycles. The lowest BCUT2D eigenvalue weighted by Gasteiger charge is -2.08. The SMILES string of the molecule is CCc1ccc([N+](=O)[O-])c(C)c1S(=O)(=O)Cl. The van der Waals surface area contributed by atoms with E-state index in [-0.39, 0.29) is 16.1 Å². The maximum absolute atomic E-state index is 11.4. The molecule has 0 aliphatic heterocycles. The van der Waals surface area contributed by atoms with E-state index in [1.807, 2.05) is 0 Å². The normalized spacial score (nSPS) is 11.4. The Bertz CT molecular complexity index is 539. The Morgan fingerprint density at radius 3 is 2.38 bits per heavy atom. The van der Waals surface area contributed by atoms with Crippen LogP contribution >= 0.6 is 10.7 Å². The van der Waals surface area contributed by atoms with Crippen molar-refractivity contribution in [1.82, 2.24) is 0 Å². The third-order valence-electron chi connectivity index (χ3n) is 2.28. The molecule has 7 heteroatoms. The number of rotatable bonds is 3. The molecule has 1 rings (SSSR count). The van der Waals surface area contributed by atoms with Gasteiger partial charge in [0.1, 0.15) is 0 Å². The van der Waals surface area contributed by atoms with Crippen molar-refractivity contribution < 1.29 is 13.3 Å². The fourth-order valence-electron chi connectivity index (χ4n) is 1.55. The summed E-state index contributed by atoms with van der Waals surface area (Å²) in [6, 6.07) is 2.71. The molecule has 0 amide bonds. The van der Waals surface area contributed by atoms with Gasteiger partial charge < -0.3 is 0 Å². The Labute approximate surface area is 97.6 Å². The van der Waals surface area contributed by atoms with Crippen molar-refractivity contribution in [2.24, 2.45) is 0 Å². The molecule has 0 spiro atoms. The van der Waals surface area contributed by atoms with Crippen LogP contribution in [0.25, 0.3) is 0 Å². The Morgan fingerprint density at radius 2 is 2.00 bits per heavy atom. The average molecular weight is 264 g/mol. The third-order valence-corrected chi connectivity index (χ3v) is 3.80. The summed E-state index contributed by atoms with van der Waals surface area (Å²) in [7, 11) is 1.31. The van der Waals surface area contributed by atoms with Gasteiger partial charge in [-0.05, 0) is 18.9 Å². The first-order valence-corrected chi connectivity index (χ1v) is 6.81. The van der Waals surface area contributed by atoms with Gasteiger partial charge >= 0.3 is 0 Å². The zero-order valence-corrected chi connectivity index (χ0v) is 10.3. The van der Waals surface area contributed by atoms with Crippen LogP contribution in [0.1, 0.15) is 18.1 Å². The maximum atomic E-state index is 11.4. The van der Waals surface area contributed by atoms with E-state index < -0.39 is 14.0 Å². The first kappa shape index (κ1) is 12.9. The van der Waals surface area contributed by atoms with Crippen LogP contribution in [0, 0.1) is 17.0 Å². The minimum absolute atomic E-state index is 0.0827. The molecule has 0 heterocycles. The van der Waals surface area contributed by atoms with Gasteiger partial charge in [0.05, 0.1) is 9.82 Å². The van der Waals surface area contributed by atoms with Gasteiger partial charge in [0, 0.05) is 22.3 Å². The van der Waals surface area contributed by atoms with Crippen LogP contribution in [-0.2, 0) is 15.5 Å².